The predicted molar refractivity (Wildman–Crippen MR) is 94.3 cm³/mol. The molecule has 1 aromatic rings. The molecule has 0 spiro atoms. The van der Waals surface area contributed by atoms with E-state index in [1.165, 1.54) is 0 Å². The number of carbonyl (C=O) groups is 3. The van der Waals surface area contributed by atoms with Crippen LogP contribution in [0.5, 0.6) is 0 Å². The smallest absolute Gasteiger partial charge is 0.336 e. The van der Waals surface area contributed by atoms with E-state index in [1.807, 2.05) is 30.3 Å². The lowest BCUT2D eigenvalue weighted by Crippen LogP contribution is -2.49. The van der Waals surface area contributed by atoms with Gasteiger partial charge in [-0.2, -0.15) is 0 Å². The highest BCUT2D eigenvalue weighted by Crippen LogP contribution is 2.22. The lowest BCUT2D eigenvalue weighted by molar-refractivity contribution is -0.138. The summed E-state index contributed by atoms with van der Waals surface area (Å²) < 4.78 is 4.84. The molecule has 2 rings (SSSR count). The van der Waals surface area contributed by atoms with Crippen LogP contribution in [0.25, 0.3) is 0 Å². The zero-order valence-corrected chi connectivity index (χ0v) is 14.5. The zero-order chi connectivity index (χ0) is 18.9. The normalized spacial score (nSPS) is 19.4. The van der Waals surface area contributed by atoms with Gasteiger partial charge in [-0.25, -0.2) is 4.79 Å². The molecule has 3 unspecified atom stereocenters. The van der Waals surface area contributed by atoms with E-state index in [0.29, 0.717) is 19.5 Å². The fraction of sp³-hybridized carbons (Fsp3) is 0.500. The van der Waals surface area contributed by atoms with Crippen LogP contribution >= 0.6 is 0 Å². The number of hydrogen-bond acceptors (Lipinski definition) is 5. The molecule has 26 heavy (non-hydrogen) atoms. The van der Waals surface area contributed by atoms with Crippen molar-refractivity contribution in [3.05, 3.63) is 35.9 Å². The van der Waals surface area contributed by atoms with Crippen molar-refractivity contribution in [2.45, 2.75) is 43.9 Å². The molecule has 0 aromatic heterocycles. The standard InChI is InChI=1S/C18H25N3O5/c19-9-5-2-6-10-20-16(22)13(11-12-7-3-1-4-8-12)21-17(23)14-15(26-14)18(24)25/h1,3-4,7-8,13-15H,2,5-6,9-11,19H2,(H,20,22)(H,21,23)(H,24,25). The minimum Gasteiger partial charge on any atom is -0.479 e. The second-order valence-electron chi connectivity index (χ2n) is 6.21. The van der Waals surface area contributed by atoms with E-state index >= 15 is 0 Å². The average Bonchev–Trinajstić information content (AvgIpc) is 3.43. The Labute approximate surface area is 152 Å². The Morgan fingerprint density at radius 1 is 1.12 bits per heavy atom. The number of nitrogens with two attached hydrogens (primary N) is 1. The second kappa shape index (κ2) is 9.88. The van der Waals surface area contributed by atoms with Crippen molar-refractivity contribution in [2.75, 3.05) is 13.1 Å². The minimum absolute atomic E-state index is 0.303. The number of carbonyl (C=O) groups excluding carboxylic acids is 2. The summed E-state index contributed by atoms with van der Waals surface area (Å²) in [5, 5.41) is 14.3. The van der Waals surface area contributed by atoms with E-state index in [9.17, 15) is 14.4 Å². The number of benzene rings is 1. The van der Waals surface area contributed by atoms with E-state index in [1.54, 1.807) is 0 Å². The third-order valence-electron chi connectivity index (χ3n) is 4.09. The van der Waals surface area contributed by atoms with Gasteiger partial charge in [0.25, 0.3) is 5.91 Å². The van der Waals surface area contributed by atoms with Gasteiger partial charge < -0.3 is 26.2 Å². The van der Waals surface area contributed by atoms with Gasteiger partial charge in [0, 0.05) is 13.0 Å². The SMILES string of the molecule is NCCCCCNC(=O)C(Cc1ccccc1)NC(=O)C1OC1C(=O)O. The van der Waals surface area contributed by atoms with Gasteiger partial charge in [-0.3, -0.25) is 9.59 Å². The summed E-state index contributed by atoms with van der Waals surface area (Å²) >= 11 is 0. The Kier molecular flexibility index (Phi) is 7.55. The zero-order valence-electron chi connectivity index (χ0n) is 14.5. The first-order chi connectivity index (χ1) is 12.5. The molecule has 142 valence electrons. The lowest BCUT2D eigenvalue weighted by atomic mass is 10.0. The highest BCUT2D eigenvalue weighted by Gasteiger charge is 2.51. The minimum atomic E-state index is -1.19. The number of aliphatic carboxylic acids is 1. The summed E-state index contributed by atoms with van der Waals surface area (Å²) in [6.07, 6.45) is 0.765. The van der Waals surface area contributed by atoms with Gasteiger partial charge in [0.1, 0.15) is 6.04 Å². The van der Waals surface area contributed by atoms with Gasteiger partial charge in [0.2, 0.25) is 5.91 Å². The van der Waals surface area contributed by atoms with Crippen LogP contribution in [-0.4, -0.2) is 54.2 Å². The number of epoxide rings is 1. The van der Waals surface area contributed by atoms with Crippen molar-refractivity contribution in [3.63, 3.8) is 0 Å². The average molecular weight is 363 g/mol. The maximum absolute atomic E-state index is 12.5. The molecule has 1 aliphatic rings. The molecule has 0 bridgehead atoms. The molecule has 3 atom stereocenters. The molecule has 1 aliphatic heterocycles. The van der Waals surface area contributed by atoms with Gasteiger partial charge in [-0.05, 0) is 24.9 Å². The van der Waals surface area contributed by atoms with Gasteiger partial charge in [0.15, 0.2) is 12.2 Å². The number of ether oxygens (including phenoxy) is 1. The maximum Gasteiger partial charge on any atom is 0.336 e. The van der Waals surface area contributed by atoms with E-state index < -0.39 is 30.1 Å². The van der Waals surface area contributed by atoms with E-state index in [0.717, 1.165) is 24.8 Å². The van der Waals surface area contributed by atoms with Gasteiger partial charge in [-0.1, -0.05) is 36.8 Å². The first-order valence-corrected chi connectivity index (χ1v) is 8.73. The quantitative estimate of drug-likeness (QED) is 0.318. The summed E-state index contributed by atoms with van der Waals surface area (Å²) in [6, 6.07) is 8.50. The first-order valence-electron chi connectivity index (χ1n) is 8.73. The Balaban J connectivity index is 1.91. The van der Waals surface area contributed by atoms with Crippen LogP contribution in [0.3, 0.4) is 0 Å². The first kappa shape index (κ1) is 19.9. The van der Waals surface area contributed by atoms with Gasteiger partial charge >= 0.3 is 5.97 Å². The van der Waals surface area contributed by atoms with E-state index in [4.69, 9.17) is 15.6 Å². The molecule has 1 fully saturated rings. The van der Waals surface area contributed by atoms with Crippen LogP contribution in [0.2, 0.25) is 0 Å². The molecule has 1 saturated heterocycles. The molecule has 0 aliphatic carbocycles. The molecular weight excluding hydrogens is 338 g/mol. The Hall–Kier alpha value is -2.45. The number of nitrogens with one attached hydrogen (secondary N) is 2. The van der Waals surface area contributed by atoms with Crippen LogP contribution in [-0.2, 0) is 25.5 Å². The highest BCUT2D eigenvalue weighted by atomic mass is 16.6. The van der Waals surface area contributed by atoms with Crippen LogP contribution in [0.4, 0.5) is 0 Å². The van der Waals surface area contributed by atoms with E-state index in [2.05, 4.69) is 10.6 Å². The largest absolute Gasteiger partial charge is 0.479 e. The number of amides is 2. The second-order valence-corrected chi connectivity index (χ2v) is 6.21. The molecule has 5 N–H and O–H groups in total. The van der Waals surface area contributed by atoms with Crippen molar-refractivity contribution in [2.24, 2.45) is 5.73 Å². The number of hydrogen-bond donors (Lipinski definition) is 4. The Bertz CT molecular complexity index is 623. The Morgan fingerprint density at radius 2 is 1.85 bits per heavy atom. The number of rotatable bonds is 11. The Morgan fingerprint density at radius 3 is 2.46 bits per heavy atom. The van der Waals surface area contributed by atoms with Crippen LogP contribution < -0.4 is 16.4 Å². The van der Waals surface area contributed by atoms with Gasteiger partial charge in [-0.15, -0.1) is 0 Å². The van der Waals surface area contributed by atoms with E-state index in [-0.39, 0.29) is 5.91 Å². The van der Waals surface area contributed by atoms with Crippen LogP contribution in [0.15, 0.2) is 30.3 Å². The number of carboxylic acids is 1. The fourth-order valence-electron chi connectivity index (χ4n) is 2.59. The summed E-state index contributed by atoms with van der Waals surface area (Å²) in [5.74, 6) is -2.08. The predicted octanol–water partition coefficient (Wildman–Crippen LogP) is -0.189. The third kappa shape index (κ3) is 6.12. The molecule has 8 nitrogen and oxygen atoms in total. The summed E-state index contributed by atoms with van der Waals surface area (Å²) in [4.78, 5) is 35.4. The number of unbranched alkanes of at least 4 members (excludes halogenated alkanes) is 2. The van der Waals surface area contributed by atoms with Crippen molar-refractivity contribution < 1.29 is 24.2 Å². The van der Waals surface area contributed by atoms with Crippen molar-refractivity contribution in [1.29, 1.82) is 0 Å². The lowest BCUT2D eigenvalue weighted by Gasteiger charge is -2.18. The highest BCUT2D eigenvalue weighted by molar-refractivity contribution is 5.95. The van der Waals surface area contributed by atoms with Crippen molar-refractivity contribution in [1.82, 2.24) is 10.6 Å². The fourth-order valence-corrected chi connectivity index (χ4v) is 2.59. The molecule has 2 amide bonds. The summed E-state index contributed by atoms with van der Waals surface area (Å²) in [7, 11) is 0. The van der Waals surface area contributed by atoms with Crippen LogP contribution in [0.1, 0.15) is 24.8 Å². The number of carboxylic acid groups (broad SMARTS) is 1. The molecule has 1 aromatic carbocycles. The molecule has 0 radical (unpaired) electrons. The summed E-state index contributed by atoms with van der Waals surface area (Å²) in [5.41, 5.74) is 6.33. The van der Waals surface area contributed by atoms with Crippen molar-refractivity contribution in [3.8, 4) is 0 Å². The molecule has 1 heterocycles. The monoisotopic (exact) mass is 363 g/mol. The summed E-state index contributed by atoms with van der Waals surface area (Å²) in [6.45, 7) is 1.12. The maximum atomic E-state index is 12.5. The third-order valence-corrected chi connectivity index (χ3v) is 4.09. The topological polar surface area (TPSA) is 134 Å². The molecule has 8 heteroatoms. The van der Waals surface area contributed by atoms with Crippen molar-refractivity contribution >= 4 is 17.8 Å². The van der Waals surface area contributed by atoms with Gasteiger partial charge in [0.05, 0.1) is 0 Å². The molecule has 0 saturated carbocycles. The van der Waals surface area contributed by atoms with Crippen LogP contribution in [0, 0.1) is 0 Å². The molecular formula is C18H25N3O5.